The lowest BCUT2D eigenvalue weighted by atomic mass is 9.57. The number of rotatable bonds is 2. The van der Waals surface area contributed by atoms with E-state index in [-0.39, 0.29) is 5.41 Å². The van der Waals surface area contributed by atoms with Crippen molar-refractivity contribution in [3.63, 3.8) is 0 Å². The van der Waals surface area contributed by atoms with Crippen LogP contribution < -0.4 is 5.32 Å². The molecule has 17 heavy (non-hydrogen) atoms. The molecule has 3 unspecified atom stereocenters. The van der Waals surface area contributed by atoms with Gasteiger partial charge in [0.05, 0.1) is 6.10 Å². The first-order valence-electron chi connectivity index (χ1n) is 6.10. The Labute approximate surface area is 107 Å². The van der Waals surface area contributed by atoms with Gasteiger partial charge in [0, 0.05) is 24.0 Å². The molecule has 1 aromatic heterocycles. The molecule has 3 atom stereocenters. The quantitative estimate of drug-likeness (QED) is 0.822. The second-order valence-electron chi connectivity index (χ2n) is 5.53. The summed E-state index contributed by atoms with van der Waals surface area (Å²) in [5.74, 6) is 1.48. The fraction of sp³-hybridized carbons (Fsp3) is 0.615. The average molecular weight is 253 g/mol. The van der Waals surface area contributed by atoms with Gasteiger partial charge in [0.1, 0.15) is 11.0 Å². The molecule has 2 fully saturated rings. The molecule has 0 bridgehead atoms. The van der Waals surface area contributed by atoms with E-state index in [2.05, 4.69) is 24.1 Å². The molecule has 92 valence electrons. The molecule has 1 N–H and O–H groups in total. The summed E-state index contributed by atoms with van der Waals surface area (Å²) in [6.45, 7) is 5.39. The van der Waals surface area contributed by atoms with Gasteiger partial charge in [-0.2, -0.15) is 0 Å². The van der Waals surface area contributed by atoms with Crippen molar-refractivity contribution in [3.05, 3.63) is 23.4 Å². The Balaban J connectivity index is 1.77. The second-order valence-corrected chi connectivity index (χ2v) is 5.92. The number of hydrogen-bond donors (Lipinski definition) is 1. The number of hydrogen-bond acceptors (Lipinski definition) is 3. The molecule has 1 saturated carbocycles. The Bertz CT molecular complexity index is 435. The minimum absolute atomic E-state index is 0.172. The molecule has 0 spiro atoms. The van der Waals surface area contributed by atoms with Crippen LogP contribution in [-0.2, 0) is 4.74 Å². The Morgan fingerprint density at radius 1 is 1.47 bits per heavy atom. The number of halogens is 1. The molecule has 3 rings (SSSR count). The minimum Gasteiger partial charge on any atom is -0.377 e. The maximum atomic E-state index is 5.90. The zero-order chi connectivity index (χ0) is 12.0. The Morgan fingerprint density at radius 3 is 3.06 bits per heavy atom. The van der Waals surface area contributed by atoms with Crippen LogP contribution in [0.5, 0.6) is 0 Å². The summed E-state index contributed by atoms with van der Waals surface area (Å²) < 4.78 is 5.77. The van der Waals surface area contributed by atoms with E-state index in [0.717, 1.165) is 18.8 Å². The zero-order valence-corrected chi connectivity index (χ0v) is 10.9. The van der Waals surface area contributed by atoms with Crippen LogP contribution in [0.25, 0.3) is 0 Å². The van der Waals surface area contributed by atoms with Crippen LogP contribution in [0, 0.1) is 11.3 Å². The second kappa shape index (κ2) is 3.85. The van der Waals surface area contributed by atoms with Crippen molar-refractivity contribution in [3.8, 4) is 0 Å². The van der Waals surface area contributed by atoms with E-state index in [4.69, 9.17) is 16.3 Å². The zero-order valence-electron chi connectivity index (χ0n) is 10.1. The fourth-order valence-corrected chi connectivity index (χ4v) is 3.43. The molecule has 0 aromatic carbocycles. The van der Waals surface area contributed by atoms with Gasteiger partial charge in [0.2, 0.25) is 0 Å². The molecule has 1 saturated heterocycles. The van der Waals surface area contributed by atoms with Gasteiger partial charge >= 0.3 is 0 Å². The third kappa shape index (κ3) is 1.72. The van der Waals surface area contributed by atoms with Crippen molar-refractivity contribution < 1.29 is 4.74 Å². The smallest absolute Gasteiger partial charge is 0.131 e. The van der Waals surface area contributed by atoms with Crippen molar-refractivity contribution in [1.29, 1.82) is 0 Å². The van der Waals surface area contributed by atoms with E-state index in [1.165, 1.54) is 0 Å². The highest BCUT2D eigenvalue weighted by atomic mass is 35.5. The van der Waals surface area contributed by atoms with E-state index in [0.29, 0.717) is 23.2 Å². The largest absolute Gasteiger partial charge is 0.377 e. The molecular weight excluding hydrogens is 236 g/mol. The van der Waals surface area contributed by atoms with Gasteiger partial charge in [-0.1, -0.05) is 31.5 Å². The van der Waals surface area contributed by atoms with Gasteiger partial charge in [-0.15, -0.1) is 0 Å². The van der Waals surface area contributed by atoms with Gasteiger partial charge in [-0.3, -0.25) is 0 Å². The molecule has 4 heteroatoms. The van der Waals surface area contributed by atoms with Crippen LogP contribution in [0.4, 0.5) is 5.82 Å². The van der Waals surface area contributed by atoms with Gasteiger partial charge < -0.3 is 10.1 Å². The highest BCUT2D eigenvalue weighted by Gasteiger charge is 2.59. The fourth-order valence-electron chi connectivity index (χ4n) is 3.27. The Hall–Kier alpha value is -0.800. The Morgan fingerprint density at radius 2 is 2.29 bits per heavy atom. The summed E-state index contributed by atoms with van der Waals surface area (Å²) in [5, 5.41) is 4.04. The first-order valence-corrected chi connectivity index (χ1v) is 6.47. The lowest BCUT2D eigenvalue weighted by Gasteiger charge is -2.54. The third-order valence-electron chi connectivity index (χ3n) is 4.12. The number of anilines is 1. The van der Waals surface area contributed by atoms with E-state index < -0.39 is 0 Å². The number of nitrogens with one attached hydrogen (secondary N) is 1. The van der Waals surface area contributed by atoms with Crippen molar-refractivity contribution in [2.75, 3.05) is 11.9 Å². The van der Waals surface area contributed by atoms with Crippen LogP contribution in [-0.4, -0.2) is 23.7 Å². The van der Waals surface area contributed by atoms with Crippen LogP contribution in [0.3, 0.4) is 0 Å². The monoisotopic (exact) mass is 252 g/mol. The van der Waals surface area contributed by atoms with Crippen LogP contribution in [0.15, 0.2) is 18.2 Å². The number of fused-ring (bicyclic) bond motifs is 1. The highest BCUT2D eigenvalue weighted by Crippen LogP contribution is 2.53. The molecule has 0 radical (unpaired) electrons. The molecule has 1 aromatic rings. The average Bonchev–Trinajstić information content (AvgIpc) is 2.72. The highest BCUT2D eigenvalue weighted by molar-refractivity contribution is 6.29. The molecule has 2 aliphatic rings. The van der Waals surface area contributed by atoms with Gasteiger partial charge in [0.25, 0.3) is 0 Å². The predicted molar refractivity (Wildman–Crippen MR) is 68.3 cm³/mol. The maximum absolute atomic E-state index is 5.90. The molecule has 1 aliphatic heterocycles. The summed E-state index contributed by atoms with van der Waals surface area (Å²) in [7, 11) is 0. The van der Waals surface area contributed by atoms with E-state index in [9.17, 15) is 0 Å². The lowest BCUT2D eigenvalue weighted by molar-refractivity contribution is -0.0924. The normalized spacial score (nSPS) is 33.9. The van der Waals surface area contributed by atoms with Gasteiger partial charge in [0.15, 0.2) is 0 Å². The number of nitrogens with zero attached hydrogens (tertiary/aromatic N) is 1. The van der Waals surface area contributed by atoms with Crippen LogP contribution in [0.1, 0.15) is 20.3 Å². The van der Waals surface area contributed by atoms with Crippen LogP contribution in [0.2, 0.25) is 5.15 Å². The summed E-state index contributed by atoms with van der Waals surface area (Å²) >= 11 is 5.90. The third-order valence-corrected chi connectivity index (χ3v) is 4.33. The molecule has 2 heterocycles. The summed E-state index contributed by atoms with van der Waals surface area (Å²) in [6.07, 6.45) is 1.55. The van der Waals surface area contributed by atoms with Crippen LogP contribution >= 0.6 is 11.6 Å². The van der Waals surface area contributed by atoms with Gasteiger partial charge in [-0.25, -0.2) is 4.98 Å². The summed E-state index contributed by atoms with van der Waals surface area (Å²) in [6, 6.07) is 6.11. The predicted octanol–water partition coefficient (Wildman–Crippen LogP) is 2.96. The lowest BCUT2D eigenvalue weighted by Crippen LogP contribution is -2.63. The topological polar surface area (TPSA) is 34.2 Å². The van der Waals surface area contributed by atoms with E-state index in [1.54, 1.807) is 6.07 Å². The minimum atomic E-state index is 0.172. The van der Waals surface area contributed by atoms with Crippen molar-refractivity contribution in [2.45, 2.75) is 32.4 Å². The van der Waals surface area contributed by atoms with Crippen molar-refractivity contribution in [1.82, 2.24) is 4.98 Å². The van der Waals surface area contributed by atoms with Gasteiger partial charge in [-0.05, 0) is 18.6 Å². The van der Waals surface area contributed by atoms with Crippen molar-refractivity contribution in [2.24, 2.45) is 11.3 Å². The summed E-state index contributed by atoms with van der Waals surface area (Å²) in [4.78, 5) is 4.29. The SMILES string of the molecule is CC1(C)C(Nc2cccc(Cl)n2)C2CCOC21. The van der Waals surface area contributed by atoms with E-state index >= 15 is 0 Å². The number of ether oxygens (including phenoxy) is 1. The first kappa shape index (κ1) is 11.3. The summed E-state index contributed by atoms with van der Waals surface area (Å²) in [5.41, 5.74) is 0.172. The standard InChI is InChI=1S/C13H17ClN2O/c1-13(2)11(8-6-7-17-12(8)13)16-10-5-3-4-9(14)15-10/h3-5,8,11-12H,6-7H2,1-2H3,(H,15,16). The van der Waals surface area contributed by atoms with E-state index in [1.807, 2.05) is 12.1 Å². The molecule has 0 amide bonds. The first-order chi connectivity index (χ1) is 8.09. The molecule has 1 aliphatic carbocycles. The maximum Gasteiger partial charge on any atom is 0.131 e. The Kier molecular flexibility index (Phi) is 2.56. The molecule has 3 nitrogen and oxygen atoms in total. The van der Waals surface area contributed by atoms with Crippen molar-refractivity contribution >= 4 is 17.4 Å². The number of pyridine rings is 1. The molecular formula is C13H17ClN2O. The number of aromatic nitrogens is 1.